The van der Waals surface area contributed by atoms with Crippen LogP contribution in [0.1, 0.15) is 50.3 Å². The highest BCUT2D eigenvalue weighted by Crippen LogP contribution is 2.33. The largest absolute Gasteiger partial charge is 0.423 e. The number of esters is 1. The van der Waals surface area contributed by atoms with Crippen molar-refractivity contribution in [2.75, 3.05) is 13.2 Å². The van der Waals surface area contributed by atoms with E-state index < -0.39 is 5.97 Å². The van der Waals surface area contributed by atoms with Crippen LogP contribution in [0.15, 0.2) is 59.5 Å². The lowest BCUT2D eigenvalue weighted by Crippen LogP contribution is -2.35. The molecule has 0 spiro atoms. The monoisotopic (exact) mass is 507 g/mol. The lowest BCUT2D eigenvalue weighted by Gasteiger charge is -2.18. The molecule has 2 saturated heterocycles. The molecule has 2 aromatic carbocycles. The second-order valence-corrected chi connectivity index (χ2v) is 11.3. The summed E-state index contributed by atoms with van der Waals surface area (Å²) in [7, 11) is 0. The number of thiocarbonyl (C=S) groups is 1. The summed E-state index contributed by atoms with van der Waals surface area (Å²) in [6.45, 7) is 7.74. The van der Waals surface area contributed by atoms with Gasteiger partial charge in [-0.25, -0.2) is 4.79 Å². The Morgan fingerprint density at radius 1 is 1.14 bits per heavy atom. The molecule has 2 aromatic rings. The van der Waals surface area contributed by atoms with E-state index in [1.165, 1.54) is 23.4 Å². The maximum Gasteiger partial charge on any atom is 0.336 e. The van der Waals surface area contributed by atoms with E-state index in [1.807, 2.05) is 30.3 Å². The molecule has 0 radical (unpaired) electrons. The molecule has 1 atom stereocenters. The van der Waals surface area contributed by atoms with Gasteiger partial charge in [-0.15, -0.1) is 0 Å². The van der Waals surface area contributed by atoms with Crippen molar-refractivity contribution >= 4 is 52.3 Å². The predicted octanol–water partition coefficient (Wildman–Crippen LogP) is 5.98. The molecule has 0 bridgehead atoms. The average Bonchev–Trinajstić information content (AvgIpc) is 3.43. The molecule has 182 valence electrons. The van der Waals surface area contributed by atoms with Crippen molar-refractivity contribution in [3.63, 3.8) is 0 Å². The summed E-state index contributed by atoms with van der Waals surface area (Å²) < 4.78 is 11.6. The Labute approximate surface area is 216 Å². The zero-order chi connectivity index (χ0) is 25.0. The van der Waals surface area contributed by atoms with E-state index in [-0.39, 0.29) is 17.4 Å². The van der Waals surface area contributed by atoms with Crippen LogP contribution in [0.3, 0.4) is 0 Å². The Bertz CT molecular complexity index is 1150. The van der Waals surface area contributed by atoms with Crippen molar-refractivity contribution in [3.05, 3.63) is 76.2 Å². The van der Waals surface area contributed by atoms with Gasteiger partial charge >= 0.3 is 5.97 Å². The summed E-state index contributed by atoms with van der Waals surface area (Å²) in [5.41, 5.74) is 3.09. The molecule has 0 aliphatic carbocycles. The van der Waals surface area contributed by atoms with Gasteiger partial charge in [-0.2, -0.15) is 0 Å². The van der Waals surface area contributed by atoms with Crippen LogP contribution in [0.5, 0.6) is 5.75 Å². The number of carbonyl (C=O) groups is 2. The van der Waals surface area contributed by atoms with Gasteiger partial charge in [0.25, 0.3) is 5.91 Å². The van der Waals surface area contributed by atoms with Crippen LogP contribution in [-0.2, 0) is 19.7 Å². The van der Waals surface area contributed by atoms with Gasteiger partial charge < -0.3 is 9.47 Å². The smallest absolute Gasteiger partial charge is 0.336 e. The van der Waals surface area contributed by atoms with Crippen LogP contribution < -0.4 is 4.74 Å². The van der Waals surface area contributed by atoms with Crippen molar-refractivity contribution in [2.45, 2.75) is 45.1 Å². The number of rotatable bonds is 6. The number of amides is 1. The van der Waals surface area contributed by atoms with E-state index in [1.54, 1.807) is 23.1 Å². The van der Waals surface area contributed by atoms with E-state index in [9.17, 15) is 9.59 Å². The summed E-state index contributed by atoms with van der Waals surface area (Å²) in [5.74, 6) is -0.106. The second-order valence-electron chi connectivity index (χ2n) is 9.62. The minimum atomic E-state index is -0.451. The Kier molecular flexibility index (Phi) is 7.89. The van der Waals surface area contributed by atoms with Crippen LogP contribution in [0, 0.1) is 0 Å². The topological polar surface area (TPSA) is 55.8 Å². The van der Waals surface area contributed by atoms with E-state index in [2.05, 4.69) is 32.9 Å². The maximum atomic E-state index is 12.8. The summed E-state index contributed by atoms with van der Waals surface area (Å²) in [5, 5.41) is 0. The van der Waals surface area contributed by atoms with Crippen LogP contribution in [0.2, 0.25) is 0 Å². The highest BCUT2D eigenvalue weighted by Gasteiger charge is 2.34. The van der Waals surface area contributed by atoms with Gasteiger partial charge in [0.1, 0.15) is 10.1 Å². The van der Waals surface area contributed by atoms with E-state index >= 15 is 0 Å². The first-order chi connectivity index (χ1) is 16.7. The minimum Gasteiger partial charge on any atom is -0.423 e. The molecule has 1 amide bonds. The third-order valence-corrected chi connectivity index (χ3v) is 7.25. The van der Waals surface area contributed by atoms with Crippen LogP contribution >= 0.6 is 24.0 Å². The van der Waals surface area contributed by atoms with Gasteiger partial charge in [0.05, 0.1) is 17.6 Å². The van der Waals surface area contributed by atoms with Gasteiger partial charge in [-0.3, -0.25) is 9.69 Å². The number of hydrogen-bond acceptors (Lipinski definition) is 6. The summed E-state index contributed by atoms with van der Waals surface area (Å²) in [6.07, 6.45) is 6.99. The molecular formula is C28H29NO4S2. The van der Waals surface area contributed by atoms with Gasteiger partial charge in [-0.1, -0.05) is 81.1 Å². The maximum absolute atomic E-state index is 12.8. The lowest BCUT2D eigenvalue weighted by atomic mass is 9.87. The van der Waals surface area contributed by atoms with Crippen LogP contribution in [0.25, 0.3) is 12.2 Å². The Hall–Kier alpha value is -2.74. The number of thioether (sulfide) groups is 1. The fourth-order valence-corrected chi connectivity index (χ4v) is 5.12. The van der Waals surface area contributed by atoms with Crippen molar-refractivity contribution in [1.29, 1.82) is 0 Å². The first kappa shape index (κ1) is 25.4. The molecule has 4 rings (SSSR count). The number of nitrogens with zero attached hydrogens (tertiary/aromatic N) is 1. The molecule has 2 heterocycles. The van der Waals surface area contributed by atoms with Gasteiger partial charge in [0, 0.05) is 12.7 Å². The van der Waals surface area contributed by atoms with E-state index in [0.29, 0.717) is 21.5 Å². The second kappa shape index (κ2) is 10.9. The minimum absolute atomic E-state index is 0.0581. The normalized spacial score (nSPS) is 19.8. The molecule has 5 nitrogen and oxygen atoms in total. The van der Waals surface area contributed by atoms with Crippen molar-refractivity contribution in [3.8, 4) is 5.75 Å². The zero-order valence-corrected chi connectivity index (χ0v) is 21.8. The zero-order valence-electron chi connectivity index (χ0n) is 20.2. The summed E-state index contributed by atoms with van der Waals surface area (Å²) in [4.78, 5) is 27.2. The average molecular weight is 508 g/mol. The Morgan fingerprint density at radius 3 is 2.46 bits per heavy atom. The summed E-state index contributed by atoms with van der Waals surface area (Å²) in [6, 6.07) is 15.2. The number of benzene rings is 2. The summed E-state index contributed by atoms with van der Waals surface area (Å²) >= 11 is 6.70. The molecule has 2 fully saturated rings. The van der Waals surface area contributed by atoms with Crippen molar-refractivity contribution in [1.82, 2.24) is 4.90 Å². The van der Waals surface area contributed by atoms with Gasteiger partial charge in [-0.05, 0) is 59.2 Å². The SMILES string of the molecule is CC(C)(C)c1ccc(/C=C/C(=O)Oc2ccc(/C=C3\SC(=S)N(C[C@H]4CCCO4)C3=O)cc2)cc1. The number of carbonyl (C=O) groups excluding carboxylic acids is 2. The standard InChI is InChI=1S/C28H29NO4S2/c1-28(2,3)21-11-6-19(7-12-21)10-15-25(30)33-22-13-8-20(9-14-22)17-24-26(31)29(27(34)35-24)18-23-5-4-16-32-23/h6-15,17,23H,4-5,16,18H2,1-3H3/b15-10+,24-17-/t23-/m1/s1. The molecule has 7 heteroatoms. The van der Waals surface area contributed by atoms with Crippen molar-refractivity contribution < 1.29 is 19.1 Å². The molecule has 2 aliphatic heterocycles. The number of hydrogen-bond donors (Lipinski definition) is 0. The molecule has 0 aromatic heterocycles. The number of ether oxygens (including phenoxy) is 2. The first-order valence-corrected chi connectivity index (χ1v) is 12.9. The third kappa shape index (κ3) is 6.69. The third-order valence-electron chi connectivity index (χ3n) is 5.87. The quantitative estimate of drug-likeness (QED) is 0.207. The molecule has 0 unspecified atom stereocenters. The first-order valence-electron chi connectivity index (χ1n) is 11.7. The van der Waals surface area contributed by atoms with E-state index in [0.717, 1.165) is 30.6 Å². The Balaban J connectivity index is 1.33. The van der Waals surface area contributed by atoms with Crippen molar-refractivity contribution in [2.24, 2.45) is 0 Å². The van der Waals surface area contributed by atoms with Gasteiger partial charge in [0.15, 0.2) is 0 Å². The molecule has 0 N–H and O–H groups in total. The molecule has 0 saturated carbocycles. The predicted molar refractivity (Wildman–Crippen MR) is 145 cm³/mol. The lowest BCUT2D eigenvalue weighted by molar-refractivity contribution is -0.129. The van der Waals surface area contributed by atoms with Crippen LogP contribution in [-0.4, -0.2) is 40.4 Å². The highest BCUT2D eigenvalue weighted by atomic mass is 32.2. The molecular weight excluding hydrogens is 478 g/mol. The van der Waals surface area contributed by atoms with Gasteiger partial charge in [0.2, 0.25) is 0 Å². The van der Waals surface area contributed by atoms with Crippen LogP contribution in [0.4, 0.5) is 0 Å². The molecule has 35 heavy (non-hydrogen) atoms. The fourth-order valence-electron chi connectivity index (χ4n) is 3.84. The Morgan fingerprint density at radius 2 is 1.83 bits per heavy atom. The highest BCUT2D eigenvalue weighted by molar-refractivity contribution is 8.26. The molecule has 2 aliphatic rings. The fraction of sp³-hybridized carbons (Fsp3) is 0.321. The van der Waals surface area contributed by atoms with E-state index in [4.69, 9.17) is 21.7 Å².